The van der Waals surface area contributed by atoms with Crippen LogP contribution in [-0.4, -0.2) is 7.11 Å². The van der Waals surface area contributed by atoms with E-state index < -0.39 is 17.3 Å². The third-order valence-electron chi connectivity index (χ3n) is 1.71. The molecular weight excluding hydrogens is 217 g/mol. The first-order valence-corrected chi connectivity index (χ1v) is 4.23. The molecule has 0 aromatic heterocycles. The van der Waals surface area contributed by atoms with E-state index in [4.69, 9.17) is 16.3 Å². The van der Waals surface area contributed by atoms with E-state index in [2.05, 4.69) is 0 Å². The summed E-state index contributed by atoms with van der Waals surface area (Å²) in [6.45, 7) is 0. The average molecular weight is 225 g/mol. The van der Waals surface area contributed by atoms with Crippen LogP contribution in [0.3, 0.4) is 0 Å². The van der Waals surface area contributed by atoms with Crippen molar-refractivity contribution in [3.8, 4) is 0 Å². The molecule has 0 amide bonds. The molecule has 0 aliphatic carbocycles. The van der Waals surface area contributed by atoms with Crippen LogP contribution >= 0.6 is 11.6 Å². The average Bonchev–Trinajstić information content (AvgIpc) is 2.15. The van der Waals surface area contributed by atoms with Gasteiger partial charge in [0.15, 0.2) is 5.56 Å². The highest BCUT2D eigenvalue weighted by Gasteiger charge is 2.30. The molecule has 0 saturated heterocycles. The van der Waals surface area contributed by atoms with Gasteiger partial charge in [-0.15, -0.1) is 0 Å². The molecule has 0 aliphatic heterocycles. The normalized spacial score (nSPS) is 14.1. The van der Waals surface area contributed by atoms with Gasteiger partial charge in [-0.25, -0.2) is 0 Å². The predicted octanol–water partition coefficient (Wildman–Crippen LogP) is 3.59. The van der Waals surface area contributed by atoms with Gasteiger partial charge >= 0.3 is 6.18 Å². The summed E-state index contributed by atoms with van der Waals surface area (Å²) in [6.07, 6.45) is -4.31. The maximum atomic E-state index is 12.1. The zero-order chi connectivity index (χ0) is 10.8. The van der Waals surface area contributed by atoms with Gasteiger partial charge in [0, 0.05) is 7.11 Å². The number of hydrogen-bond donors (Lipinski definition) is 0. The molecule has 0 spiro atoms. The van der Waals surface area contributed by atoms with Crippen LogP contribution < -0.4 is 0 Å². The lowest BCUT2D eigenvalue weighted by molar-refractivity contribution is -0.137. The van der Waals surface area contributed by atoms with Crippen molar-refractivity contribution < 1.29 is 17.9 Å². The molecule has 1 rings (SSSR count). The molecule has 0 radical (unpaired) electrons. The number of rotatable bonds is 2. The van der Waals surface area contributed by atoms with Gasteiger partial charge in [0.2, 0.25) is 0 Å². The lowest BCUT2D eigenvalue weighted by Gasteiger charge is -2.10. The predicted molar refractivity (Wildman–Crippen MR) is 47.0 cm³/mol. The minimum Gasteiger partial charge on any atom is -0.361 e. The Bertz CT molecular complexity index is 294. The van der Waals surface area contributed by atoms with Gasteiger partial charge in [0.25, 0.3) is 0 Å². The molecule has 0 aliphatic rings. The van der Waals surface area contributed by atoms with E-state index in [1.54, 1.807) is 0 Å². The van der Waals surface area contributed by atoms with E-state index in [1.807, 2.05) is 0 Å². The Kier molecular flexibility index (Phi) is 3.39. The summed E-state index contributed by atoms with van der Waals surface area (Å²) >= 11 is 5.65. The minimum absolute atomic E-state index is 0.502. The number of ether oxygens (including phenoxy) is 1. The summed E-state index contributed by atoms with van der Waals surface area (Å²) in [7, 11) is 1.38. The van der Waals surface area contributed by atoms with Gasteiger partial charge in [-0.3, -0.25) is 0 Å². The fraction of sp³-hybridized carbons (Fsp3) is 0.333. The maximum Gasteiger partial charge on any atom is 0.416 e. The number of alkyl halides is 4. The Balaban J connectivity index is 2.89. The number of halogens is 4. The Hall–Kier alpha value is -0.740. The molecular formula is C9H8ClF3O. The molecule has 1 nitrogen and oxygen atoms in total. The van der Waals surface area contributed by atoms with E-state index in [0.29, 0.717) is 5.56 Å². The minimum atomic E-state index is -4.31. The van der Waals surface area contributed by atoms with Crippen LogP contribution in [0.5, 0.6) is 0 Å². The molecule has 1 aromatic carbocycles. The van der Waals surface area contributed by atoms with Crippen LogP contribution in [-0.2, 0) is 10.9 Å². The summed E-state index contributed by atoms with van der Waals surface area (Å²) in [4.78, 5) is 0. The lowest BCUT2D eigenvalue weighted by Crippen LogP contribution is -2.04. The quantitative estimate of drug-likeness (QED) is 0.698. The van der Waals surface area contributed by atoms with Crippen molar-refractivity contribution in [3.63, 3.8) is 0 Å². The van der Waals surface area contributed by atoms with Gasteiger partial charge in [0.1, 0.15) is 0 Å². The molecule has 1 unspecified atom stereocenters. The molecule has 0 saturated carbocycles. The van der Waals surface area contributed by atoms with Crippen molar-refractivity contribution >= 4 is 11.6 Å². The second-order valence-corrected chi connectivity index (χ2v) is 3.07. The maximum absolute atomic E-state index is 12.1. The smallest absolute Gasteiger partial charge is 0.361 e. The topological polar surface area (TPSA) is 9.23 Å². The van der Waals surface area contributed by atoms with Crippen LogP contribution in [0, 0.1) is 0 Å². The van der Waals surface area contributed by atoms with Gasteiger partial charge in [0.05, 0.1) is 5.56 Å². The standard InChI is InChI=1S/C9H8ClF3O/c1-14-8(10)6-2-4-7(5-3-6)9(11,12)13/h2-5,8H,1H3. The van der Waals surface area contributed by atoms with E-state index in [9.17, 15) is 13.2 Å². The first kappa shape index (κ1) is 11.3. The molecule has 1 atom stereocenters. The monoisotopic (exact) mass is 224 g/mol. The molecule has 5 heteroatoms. The van der Waals surface area contributed by atoms with E-state index in [1.165, 1.54) is 19.2 Å². The number of hydrogen-bond acceptors (Lipinski definition) is 1. The van der Waals surface area contributed by atoms with E-state index in [0.717, 1.165) is 12.1 Å². The summed E-state index contributed by atoms with van der Waals surface area (Å²) in [5, 5.41) is 0. The van der Waals surface area contributed by atoms with Crippen LogP contribution in [0.25, 0.3) is 0 Å². The molecule has 0 heterocycles. The fourth-order valence-corrected chi connectivity index (χ4v) is 1.10. The van der Waals surface area contributed by atoms with Crippen LogP contribution in [0.4, 0.5) is 13.2 Å². The van der Waals surface area contributed by atoms with Gasteiger partial charge in [-0.1, -0.05) is 23.7 Å². The molecule has 14 heavy (non-hydrogen) atoms. The third-order valence-corrected chi connectivity index (χ3v) is 2.14. The van der Waals surface area contributed by atoms with Crippen molar-refractivity contribution in [2.75, 3.05) is 7.11 Å². The first-order valence-electron chi connectivity index (χ1n) is 3.79. The SMILES string of the molecule is COC(Cl)c1ccc(C(F)(F)F)cc1. The molecule has 0 fully saturated rings. The van der Waals surface area contributed by atoms with Crippen molar-refractivity contribution in [2.45, 2.75) is 11.7 Å². The largest absolute Gasteiger partial charge is 0.416 e. The zero-order valence-corrected chi connectivity index (χ0v) is 8.06. The van der Waals surface area contributed by atoms with Crippen LogP contribution in [0.15, 0.2) is 24.3 Å². The van der Waals surface area contributed by atoms with Crippen molar-refractivity contribution in [1.29, 1.82) is 0 Å². The number of methoxy groups -OCH3 is 1. The fourth-order valence-electron chi connectivity index (χ4n) is 0.959. The summed E-state index contributed by atoms with van der Waals surface area (Å²) in [5.74, 6) is 0. The second kappa shape index (κ2) is 4.19. The molecule has 0 N–H and O–H groups in total. The second-order valence-electron chi connectivity index (χ2n) is 2.67. The Morgan fingerprint density at radius 1 is 1.21 bits per heavy atom. The van der Waals surface area contributed by atoms with Gasteiger partial charge in [-0.2, -0.15) is 13.2 Å². The van der Waals surface area contributed by atoms with Crippen molar-refractivity contribution in [1.82, 2.24) is 0 Å². The van der Waals surface area contributed by atoms with E-state index >= 15 is 0 Å². The zero-order valence-electron chi connectivity index (χ0n) is 7.31. The highest BCUT2D eigenvalue weighted by molar-refractivity contribution is 6.19. The Morgan fingerprint density at radius 3 is 2.07 bits per heavy atom. The van der Waals surface area contributed by atoms with Crippen molar-refractivity contribution in [2.24, 2.45) is 0 Å². The Labute approximate surface area is 84.4 Å². The number of benzene rings is 1. The lowest BCUT2D eigenvalue weighted by atomic mass is 10.1. The summed E-state index contributed by atoms with van der Waals surface area (Å²) < 4.78 is 41.2. The van der Waals surface area contributed by atoms with Crippen LogP contribution in [0.2, 0.25) is 0 Å². The molecule has 78 valence electrons. The Morgan fingerprint density at radius 2 is 1.71 bits per heavy atom. The summed E-state index contributed by atoms with van der Waals surface area (Å²) in [6, 6.07) is 4.54. The first-order chi connectivity index (χ1) is 6.45. The van der Waals surface area contributed by atoms with Gasteiger partial charge in [-0.05, 0) is 17.7 Å². The van der Waals surface area contributed by atoms with Gasteiger partial charge < -0.3 is 4.74 Å². The highest BCUT2D eigenvalue weighted by Crippen LogP contribution is 2.30. The molecule has 1 aromatic rings. The van der Waals surface area contributed by atoms with E-state index in [-0.39, 0.29) is 0 Å². The van der Waals surface area contributed by atoms with Crippen molar-refractivity contribution in [3.05, 3.63) is 35.4 Å². The third kappa shape index (κ3) is 2.62. The highest BCUT2D eigenvalue weighted by atomic mass is 35.5. The van der Waals surface area contributed by atoms with Crippen LogP contribution in [0.1, 0.15) is 16.7 Å². The molecule has 0 bridgehead atoms. The summed E-state index contributed by atoms with van der Waals surface area (Å²) in [5.41, 5.74) is -0.902.